The summed E-state index contributed by atoms with van der Waals surface area (Å²) in [4.78, 5) is 2.63. The topological polar surface area (TPSA) is 24.5 Å². The Morgan fingerprint density at radius 1 is 1.25 bits per heavy atom. The van der Waals surface area contributed by atoms with E-state index in [1.807, 2.05) is 0 Å². The maximum absolute atomic E-state index is 5.61. The van der Waals surface area contributed by atoms with Crippen molar-refractivity contribution in [2.24, 2.45) is 11.8 Å². The standard InChI is InChI=1S/C17H34N2O/c1-4-10-18-16(15-9-11-20-13-15)12-19(3)17-8-6-5-7-14(17)2/h14-18H,4-13H2,1-3H3. The molecular weight excluding hydrogens is 248 g/mol. The molecule has 0 spiro atoms. The minimum absolute atomic E-state index is 0.608. The van der Waals surface area contributed by atoms with Gasteiger partial charge < -0.3 is 15.0 Å². The predicted octanol–water partition coefficient (Wildman–Crippen LogP) is 2.90. The first-order valence-electron chi connectivity index (χ1n) is 8.73. The maximum atomic E-state index is 5.61. The van der Waals surface area contributed by atoms with Gasteiger partial charge >= 0.3 is 0 Å². The van der Waals surface area contributed by atoms with Crippen LogP contribution in [0.2, 0.25) is 0 Å². The molecule has 1 saturated heterocycles. The van der Waals surface area contributed by atoms with Crippen LogP contribution in [0, 0.1) is 11.8 Å². The van der Waals surface area contributed by atoms with Crippen molar-refractivity contribution in [2.75, 3.05) is 33.4 Å². The van der Waals surface area contributed by atoms with E-state index in [1.54, 1.807) is 0 Å². The molecule has 0 aromatic carbocycles. The normalized spacial score (nSPS) is 32.7. The van der Waals surface area contributed by atoms with E-state index in [-0.39, 0.29) is 0 Å². The molecule has 1 heterocycles. The van der Waals surface area contributed by atoms with Gasteiger partial charge in [-0.1, -0.05) is 26.7 Å². The molecule has 1 aliphatic carbocycles. The average molecular weight is 282 g/mol. The summed E-state index contributed by atoms with van der Waals surface area (Å²) in [6.45, 7) is 8.92. The van der Waals surface area contributed by atoms with E-state index in [0.29, 0.717) is 12.0 Å². The number of nitrogens with zero attached hydrogens (tertiary/aromatic N) is 1. The second-order valence-electron chi connectivity index (χ2n) is 6.95. The fourth-order valence-corrected chi connectivity index (χ4v) is 3.98. The molecule has 3 heteroatoms. The molecule has 3 nitrogen and oxygen atoms in total. The summed E-state index contributed by atoms with van der Waals surface area (Å²) in [5.41, 5.74) is 0. The molecule has 0 aromatic rings. The highest BCUT2D eigenvalue weighted by Crippen LogP contribution is 2.28. The molecule has 4 atom stereocenters. The Labute approximate surface area is 125 Å². The van der Waals surface area contributed by atoms with Crippen LogP contribution < -0.4 is 5.32 Å². The smallest absolute Gasteiger partial charge is 0.0510 e. The molecule has 4 unspecified atom stereocenters. The van der Waals surface area contributed by atoms with Gasteiger partial charge in [-0.15, -0.1) is 0 Å². The summed E-state index contributed by atoms with van der Waals surface area (Å²) in [5, 5.41) is 3.77. The zero-order valence-corrected chi connectivity index (χ0v) is 13.7. The molecule has 2 rings (SSSR count). The molecule has 1 saturated carbocycles. The van der Waals surface area contributed by atoms with Crippen molar-refractivity contribution >= 4 is 0 Å². The Hall–Kier alpha value is -0.120. The van der Waals surface area contributed by atoms with Gasteiger partial charge in [0.25, 0.3) is 0 Å². The van der Waals surface area contributed by atoms with Crippen LogP contribution in [0.5, 0.6) is 0 Å². The molecule has 0 bridgehead atoms. The van der Waals surface area contributed by atoms with E-state index < -0.39 is 0 Å². The number of likely N-dealkylation sites (N-methyl/N-ethyl adjacent to an activating group) is 1. The van der Waals surface area contributed by atoms with Gasteiger partial charge in [0.2, 0.25) is 0 Å². The Morgan fingerprint density at radius 3 is 2.70 bits per heavy atom. The number of hydrogen-bond donors (Lipinski definition) is 1. The molecular formula is C17H34N2O. The minimum Gasteiger partial charge on any atom is -0.381 e. The summed E-state index contributed by atoms with van der Waals surface area (Å²) in [6, 6.07) is 1.40. The lowest BCUT2D eigenvalue weighted by Crippen LogP contribution is -2.49. The van der Waals surface area contributed by atoms with E-state index in [2.05, 4.69) is 31.1 Å². The van der Waals surface area contributed by atoms with Crippen LogP contribution in [0.4, 0.5) is 0 Å². The van der Waals surface area contributed by atoms with Crippen LogP contribution in [0.15, 0.2) is 0 Å². The van der Waals surface area contributed by atoms with Crippen LogP contribution in [0.3, 0.4) is 0 Å². The SMILES string of the molecule is CCCNC(CN(C)C1CCCCC1C)C1CCOC1. The van der Waals surface area contributed by atoms with Crippen molar-refractivity contribution in [1.82, 2.24) is 10.2 Å². The molecule has 2 aliphatic rings. The second-order valence-corrected chi connectivity index (χ2v) is 6.95. The van der Waals surface area contributed by atoms with E-state index in [4.69, 9.17) is 4.74 Å². The van der Waals surface area contributed by atoms with E-state index in [0.717, 1.165) is 31.7 Å². The van der Waals surface area contributed by atoms with Crippen molar-refractivity contribution in [3.8, 4) is 0 Å². The van der Waals surface area contributed by atoms with Crippen molar-refractivity contribution in [1.29, 1.82) is 0 Å². The lowest BCUT2D eigenvalue weighted by Gasteiger charge is -2.39. The number of nitrogens with one attached hydrogen (secondary N) is 1. The number of hydrogen-bond acceptors (Lipinski definition) is 3. The first kappa shape index (κ1) is 16.3. The third kappa shape index (κ3) is 4.44. The van der Waals surface area contributed by atoms with Crippen LogP contribution in [-0.4, -0.2) is 50.3 Å². The van der Waals surface area contributed by atoms with Crippen LogP contribution >= 0.6 is 0 Å². The summed E-state index contributed by atoms with van der Waals surface area (Å²) in [6.07, 6.45) is 8.09. The Morgan fingerprint density at radius 2 is 2.05 bits per heavy atom. The first-order chi connectivity index (χ1) is 9.72. The Balaban J connectivity index is 1.87. The molecule has 0 aromatic heterocycles. The van der Waals surface area contributed by atoms with Gasteiger partial charge in [-0.05, 0) is 45.2 Å². The fourth-order valence-electron chi connectivity index (χ4n) is 3.98. The highest BCUT2D eigenvalue weighted by molar-refractivity contribution is 4.86. The zero-order valence-electron chi connectivity index (χ0n) is 13.7. The van der Waals surface area contributed by atoms with Gasteiger partial charge in [-0.3, -0.25) is 0 Å². The van der Waals surface area contributed by atoms with Gasteiger partial charge in [0, 0.05) is 31.2 Å². The van der Waals surface area contributed by atoms with Crippen LogP contribution in [-0.2, 0) is 4.74 Å². The Bertz CT molecular complexity index is 266. The fraction of sp³-hybridized carbons (Fsp3) is 1.00. The average Bonchev–Trinajstić information content (AvgIpc) is 2.97. The van der Waals surface area contributed by atoms with Crippen molar-refractivity contribution in [3.63, 3.8) is 0 Å². The van der Waals surface area contributed by atoms with Crippen LogP contribution in [0.25, 0.3) is 0 Å². The van der Waals surface area contributed by atoms with Crippen molar-refractivity contribution < 1.29 is 4.74 Å². The van der Waals surface area contributed by atoms with Crippen molar-refractivity contribution in [3.05, 3.63) is 0 Å². The van der Waals surface area contributed by atoms with Gasteiger partial charge in [-0.2, -0.15) is 0 Å². The van der Waals surface area contributed by atoms with Gasteiger partial charge in [0.1, 0.15) is 0 Å². The summed E-state index contributed by atoms with van der Waals surface area (Å²) in [5.74, 6) is 1.57. The van der Waals surface area contributed by atoms with Crippen LogP contribution in [0.1, 0.15) is 52.4 Å². The van der Waals surface area contributed by atoms with Gasteiger partial charge in [-0.25, -0.2) is 0 Å². The summed E-state index contributed by atoms with van der Waals surface area (Å²) >= 11 is 0. The lowest BCUT2D eigenvalue weighted by atomic mass is 9.84. The highest BCUT2D eigenvalue weighted by atomic mass is 16.5. The molecule has 1 aliphatic heterocycles. The molecule has 0 amide bonds. The van der Waals surface area contributed by atoms with Gasteiger partial charge in [0.15, 0.2) is 0 Å². The highest BCUT2D eigenvalue weighted by Gasteiger charge is 2.30. The molecule has 2 fully saturated rings. The van der Waals surface area contributed by atoms with E-state index in [9.17, 15) is 0 Å². The monoisotopic (exact) mass is 282 g/mol. The maximum Gasteiger partial charge on any atom is 0.0510 e. The molecule has 118 valence electrons. The third-order valence-corrected chi connectivity index (χ3v) is 5.31. The third-order valence-electron chi connectivity index (χ3n) is 5.31. The predicted molar refractivity (Wildman–Crippen MR) is 85.1 cm³/mol. The number of rotatable bonds is 7. The molecule has 1 N–H and O–H groups in total. The van der Waals surface area contributed by atoms with E-state index in [1.165, 1.54) is 45.1 Å². The van der Waals surface area contributed by atoms with E-state index >= 15 is 0 Å². The second kappa shape index (κ2) is 8.35. The number of ether oxygens (including phenoxy) is 1. The molecule has 20 heavy (non-hydrogen) atoms. The quantitative estimate of drug-likeness (QED) is 0.777. The first-order valence-corrected chi connectivity index (χ1v) is 8.73. The zero-order chi connectivity index (χ0) is 14.4. The molecule has 0 radical (unpaired) electrons. The summed E-state index contributed by atoms with van der Waals surface area (Å²) < 4.78 is 5.61. The Kier molecular flexibility index (Phi) is 6.79. The van der Waals surface area contributed by atoms with Gasteiger partial charge in [0.05, 0.1) is 6.61 Å². The minimum atomic E-state index is 0.608. The van der Waals surface area contributed by atoms with Crippen molar-refractivity contribution in [2.45, 2.75) is 64.5 Å². The largest absolute Gasteiger partial charge is 0.381 e. The summed E-state index contributed by atoms with van der Waals surface area (Å²) in [7, 11) is 2.34. The lowest BCUT2D eigenvalue weighted by molar-refractivity contribution is 0.111.